The van der Waals surface area contributed by atoms with Crippen LogP contribution in [0.1, 0.15) is 24.4 Å². The lowest BCUT2D eigenvalue weighted by molar-refractivity contribution is -0.142. The molecule has 0 amide bonds. The van der Waals surface area contributed by atoms with E-state index in [1.807, 2.05) is 25.1 Å². The Morgan fingerprint density at radius 3 is 3.08 bits per heavy atom. The maximum absolute atomic E-state index is 12.4. The molecule has 3 heterocycles. The minimum Gasteiger partial charge on any atom is -0.465 e. The first-order valence-corrected chi connectivity index (χ1v) is 8.46. The molecule has 1 N–H and O–H groups in total. The first-order chi connectivity index (χ1) is 11.7. The minimum atomic E-state index is -0.471. The SMILES string of the molecule is CCOC(=O)[C@@H]1Sc2nnc(C)n2N[C@H]1c1ccc2c(c1)OCO2. The van der Waals surface area contributed by atoms with E-state index >= 15 is 0 Å². The van der Waals surface area contributed by atoms with Crippen molar-refractivity contribution >= 4 is 17.7 Å². The summed E-state index contributed by atoms with van der Waals surface area (Å²) in [6.07, 6.45) is 0. The van der Waals surface area contributed by atoms with Crippen LogP contribution in [0.2, 0.25) is 0 Å². The van der Waals surface area contributed by atoms with Crippen LogP contribution < -0.4 is 14.9 Å². The maximum Gasteiger partial charge on any atom is 0.322 e. The highest BCUT2D eigenvalue weighted by Gasteiger charge is 2.38. The molecule has 24 heavy (non-hydrogen) atoms. The van der Waals surface area contributed by atoms with Crippen LogP contribution in [0.25, 0.3) is 0 Å². The van der Waals surface area contributed by atoms with Crippen molar-refractivity contribution in [3.8, 4) is 11.5 Å². The predicted molar refractivity (Wildman–Crippen MR) is 85.7 cm³/mol. The van der Waals surface area contributed by atoms with E-state index in [1.165, 1.54) is 11.8 Å². The van der Waals surface area contributed by atoms with E-state index < -0.39 is 5.25 Å². The summed E-state index contributed by atoms with van der Waals surface area (Å²) < 4.78 is 17.8. The summed E-state index contributed by atoms with van der Waals surface area (Å²) in [5, 5.41) is 8.32. The molecule has 2 atom stereocenters. The second-order valence-electron chi connectivity index (χ2n) is 5.38. The van der Waals surface area contributed by atoms with Crippen molar-refractivity contribution in [1.29, 1.82) is 0 Å². The molecular formula is C15H16N4O4S. The summed E-state index contributed by atoms with van der Waals surface area (Å²) in [7, 11) is 0. The van der Waals surface area contributed by atoms with Gasteiger partial charge in [0.05, 0.1) is 12.6 Å². The third kappa shape index (κ3) is 2.44. The van der Waals surface area contributed by atoms with Gasteiger partial charge in [-0.1, -0.05) is 17.8 Å². The smallest absolute Gasteiger partial charge is 0.322 e. The van der Waals surface area contributed by atoms with E-state index in [-0.39, 0.29) is 18.8 Å². The van der Waals surface area contributed by atoms with Gasteiger partial charge in [0.2, 0.25) is 11.9 Å². The van der Waals surface area contributed by atoms with Crippen molar-refractivity contribution in [2.24, 2.45) is 0 Å². The van der Waals surface area contributed by atoms with E-state index in [1.54, 1.807) is 11.6 Å². The topological polar surface area (TPSA) is 87.5 Å². The summed E-state index contributed by atoms with van der Waals surface area (Å²) in [6.45, 7) is 4.18. The van der Waals surface area contributed by atoms with Crippen LogP contribution in [0.3, 0.4) is 0 Å². The number of thioether (sulfide) groups is 1. The number of carbonyl (C=O) groups excluding carboxylic acids is 1. The van der Waals surface area contributed by atoms with Gasteiger partial charge in [-0.05, 0) is 31.5 Å². The molecule has 0 aliphatic carbocycles. The summed E-state index contributed by atoms with van der Waals surface area (Å²) in [5.74, 6) is 1.82. The van der Waals surface area contributed by atoms with Gasteiger partial charge in [0.15, 0.2) is 11.5 Å². The number of aromatic nitrogens is 3. The number of hydrogen-bond acceptors (Lipinski definition) is 8. The number of rotatable bonds is 3. The predicted octanol–water partition coefficient (Wildman–Crippen LogP) is 1.64. The van der Waals surface area contributed by atoms with Crippen LogP contribution in [0.5, 0.6) is 11.5 Å². The van der Waals surface area contributed by atoms with Crippen molar-refractivity contribution in [3.05, 3.63) is 29.6 Å². The molecule has 0 saturated heterocycles. The molecule has 0 bridgehead atoms. The average Bonchev–Trinajstić information content (AvgIpc) is 3.20. The summed E-state index contributed by atoms with van der Waals surface area (Å²) in [4.78, 5) is 12.4. The van der Waals surface area contributed by atoms with Crippen molar-refractivity contribution in [3.63, 3.8) is 0 Å². The average molecular weight is 348 g/mol. The molecule has 9 heteroatoms. The van der Waals surface area contributed by atoms with E-state index in [0.717, 1.165) is 11.4 Å². The highest BCUT2D eigenvalue weighted by molar-refractivity contribution is 8.00. The van der Waals surface area contributed by atoms with Crippen LogP contribution in [-0.2, 0) is 9.53 Å². The standard InChI is InChI=1S/C15H16N4O4S/c1-3-21-14(20)13-12(18-19-8(2)16-17-15(19)24-13)9-4-5-10-11(6-9)23-7-22-10/h4-6,12-13,18H,3,7H2,1-2H3/t12-,13+/m0/s1. The minimum absolute atomic E-state index is 0.210. The highest BCUT2D eigenvalue weighted by atomic mass is 32.2. The molecule has 2 aromatic rings. The third-order valence-corrected chi connectivity index (χ3v) is 5.07. The Morgan fingerprint density at radius 1 is 1.42 bits per heavy atom. The van der Waals surface area contributed by atoms with Crippen LogP contribution in [0, 0.1) is 6.92 Å². The number of esters is 1. The molecule has 1 aromatic heterocycles. The number of nitrogens with one attached hydrogen (secondary N) is 1. The van der Waals surface area contributed by atoms with E-state index in [2.05, 4.69) is 15.6 Å². The zero-order valence-corrected chi connectivity index (χ0v) is 14.0. The maximum atomic E-state index is 12.4. The largest absolute Gasteiger partial charge is 0.465 e. The number of ether oxygens (including phenoxy) is 3. The molecule has 2 aliphatic heterocycles. The molecule has 126 valence electrons. The van der Waals surface area contributed by atoms with E-state index in [0.29, 0.717) is 23.3 Å². The Bertz CT molecular complexity index is 794. The molecule has 4 rings (SSSR count). The summed E-state index contributed by atoms with van der Waals surface area (Å²) in [5.41, 5.74) is 4.22. The molecular weight excluding hydrogens is 332 g/mol. The number of nitrogens with zero attached hydrogens (tertiary/aromatic N) is 3. The van der Waals surface area contributed by atoms with Gasteiger partial charge in [-0.25, -0.2) is 4.68 Å². The molecule has 2 aliphatic rings. The van der Waals surface area contributed by atoms with Gasteiger partial charge in [-0.2, -0.15) is 0 Å². The Morgan fingerprint density at radius 2 is 2.25 bits per heavy atom. The molecule has 0 saturated carbocycles. The second kappa shape index (κ2) is 5.90. The number of hydrogen-bond donors (Lipinski definition) is 1. The fourth-order valence-corrected chi connectivity index (χ4v) is 3.84. The molecule has 8 nitrogen and oxygen atoms in total. The zero-order valence-electron chi connectivity index (χ0n) is 13.2. The Labute approximate surface area is 142 Å². The van der Waals surface area contributed by atoms with Gasteiger partial charge in [-0.15, -0.1) is 10.2 Å². The second-order valence-corrected chi connectivity index (χ2v) is 6.48. The fraction of sp³-hybridized carbons (Fsp3) is 0.400. The van der Waals surface area contributed by atoms with Gasteiger partial charge in [0.1, 0.15) is 11.1 Å². The number of carbonyl (C=O) groups is 1. The van der Waals surface area contributed by atoms with Crippen molar-refractivity contribution < 1.29 is 19.0 Å². The normalized spacial score (nSPS) is 21.1. The highest BCUT2D eigenvalue weighted by Crippen LogP contribution is 2.41. The molecule has 0 spiro atoms. The van der Waals surface area contributed by atoms with Gasteiger partial charge >= 0.3 is 5.97 Å². The van der Waals surface area contributed by atoms with Gasteiger partial charge in [0.25, 0.3) is 0 Å². The number of aryl methyl sites for hydroxylation is 1. The van der Waals surface area contributed by atoms with Crippen molar-refractivity contribution in [1.82, 2.24) is 14.9 Å². The van der Waals surface area contributed by atoms with Gasteiger partial charge in [-0.3, -0.25) is 4.79 Å². The van der Waals surface area contributed by atoms with Crippen molar-refractivity contribution in [2.75, 3.05) is 18.8 Å². The molecule has 0 unspecified atom stereocenters. The van der Waals surface area contributed by atoms with Crippen LogP contribution in [0.15, 0.2) is 23.4 Å². The van der Waals surface area contributed by atoms with E-state index in [9.17, 15) is 4.79 Å². The summed E-state index contributed by atoms with van der Waals surface area (Å²) in [6, 6.07) is 5.35. The Balaban J connectivity index is 1.72. The molecule has 0 fully saturated rings. The van der Waals surface area contributed by atoms with Gasteiger partial charge in [0, 0.05) is 0 Å². The van der Waals surface area contributed by atoms with Crippen LogP contribution in [-0.4, -0.2) is 39.5 Å². The molecule has 0 radical (unpaired) electrons. The van der Waals surface area contributed by atoms with Crippen LogP contribution in [0.4, 0.5) is 0 Å². The monoisotopic (exact) mass is 348 g/mol. The zero-order chi connectivity index (χ0) is 16.7. The third-order valence-electron chi connectivity index (χ3n) is 3.87. The van der Waals surface area contributed by atoms with Crippen molar-refractivity contribution in [2.45, 2.75) is 30.3 Å². The van der Waals surface area contributed by atoms with Crippen LogP contribution >= 0.6 is 11.8 Å². The quantitative estimate of drug-likeness (QED) is 0.838. The van der Waals surface area contributed by atoms with Gasteiger partial charge < -0.3 is 19.6 Å². The van der Waals surface area contributed by atoms with E-state index in [4.69, 9.17) is 14.2 Å². The lowest BCUT2D eigenvalue weighted by Crippen LogP contribution is -2.39. The Kier molecular flexibility index (Phi) is 3.72. The summed E-state index contributed by atoms with van der Waals surface area (Å²) >= 11 is 1.34. The molecule has 1 aromatic carbocycles. The fourth-order valence-electron chi connectivity index (χ4n) is 2.72. The number of fused-ring (bicyclic) bond motifs is 2. The lowest BCUT2D eigenvalue weighted by Gasteiger charge is -2.32. The lowest BCUT2D eigenvalue weighted by atomic mass is 10.0. The first-order valence-electron chi connectivity index (χ1n) is 7.58. The first kappa shape index (κ1) is 15.1. The Hall–Kier alpha value is -2.42. The number of benzene rings is 1.